The minimum absolute atomic E-state index is 0.145. The van der Waals surface area contributed by atoms with Crippen molar-refractivity contribution in [1.82, 2.24) is 5.32 Å². The van der Waals surface area contributed by atoms with E-state index in [1.165, 1.54) is 0 Å². The van der Waals surface area contributed by atoms with Crippen LogP contribution in [-0.4, -0.2) is 18.6 Å². The van der Waals surface area contributed by atoms with Crippen molar-refractivity contribution in [2.45, 2.75) is 32.8 Å². The molecule has 0 aliphatic rings. The predicted octanol–water partition coefficient (Wildman–Crippen LogP) is 3.83. The zero-order chi connectivity index (χ0) is 16.1. The van der Waals surface area contributed by atoms with Crippen LogP contribution in [0.25, 0.3) is 0 Å². The summed E-state index contributed by atoms with van der Waals surface area (Å²) in [7, 11) is 0. The normalized spacial score (nSPS) is 12.0. The molecule has 1 atom stereocenters. The first-order chi connectivity index (χ1) is 10.5. The van der Waals surface area contributed by atoms with E-state index in [0.717, 1.165) is 16.9 Å². The second-order valence-corrected chi connectivity index (χ2v) is 5.50. The number of carbonyl (C=O) groups is 1. The Kier molecular flexibility index (Phi) is 5.50. The van der Waals surface area contributed by atoms with Gasteiger partial charge in [0.15, 0.2) is 5.76 Å². The number of nitrogens with one attached hydrogen (secondary N) is 1. The maximum Gasteiger partial charge on any atom is 0.287 e. The second kappa shape index (κ2) is 7.36. The van der Waals surface area contributed by atoms with Gasteiger partial charge in [-0.1, -0.05) is 18.2 Å². The molecule has 0 fully saturated rings. The highest BCUT2D eigenvalue weighted by atomic mass is 35.5. The number of alkyl halides is 1. The van der Waals surface area contributed by atoms with Crippen molar-refractivity contribution >= 4 is 17.5 Å². The molecule has 0 aliphatic carbocycles. The summed E-state index contributed by atoms with van der Waals surface area (Å²) in [5.41, 5.74) is 1.89. The van der Waals surface area contributed by atoms with Crippen molar-refractivity contribution in [1.29, 1.82) is 0 Å². The molecule has 0 bridgehead atoms. The number of hydrogen-bond acceptors (Lipinski definition) is 3. The molecule has 118 valence electrons. The van der Waals surface area contributed by atoms with Gasteiger partial charge in [-0.25, -0.2) is 0 Å². The highest BCUT2D eigenvalue weighted by Gasteiger charge is 2.15. The quantitative estimate of drug-likeness (QED) is 0.823. The number of ether oxygens (including phenoxy) is 1. The van der Waals surface area contributed by atoms with E-state index in [4.69, 9.17) is 20.8 Å². The van der Waals surface area contributed by atoms with Gasteiger partial charge in [0.25, 0.3) is 5.91 Å². The Morgan fingerprint density at radius 3 is 2.73 bits per heavy atom. The van der Waals surface area contributed by atoms with E-state index in [1.807, 2.05) is 38.1 Å². The second-order valence-electron chi connectivity index (χ2n) is 5.23. The molecule has 22 heavy (non-hydrogen) atoms. The molecular weight excluding hydrogens is 302 g/mol. The Balaban J connectivity index is 1.89. The van der Waals surface area contributed by atoms with E-state index < -0.39 is 0 Å². The van der Waals surface area contributed by atoms with Gasteiger partial charge in [-0.15, -0.1) is 11.6 Å². The fourth-order valence-corrected chi connectivity index (χ4v) is 2.30. The summed E-state index contributed by atoms with van der Waals surface area (Å²) in [5.74, 6) is 1.83. The summed E-state index contributed by atoms with van der Waals surface area (Å²) in [4.78, 5) is 12.0. The van der Waals surface area contributed by atoms with E-state index >= 15 is 0 Å². The van der Waals surface area contributed by atoms with Gasteiger partial charge in [0, 0.05) is 5.56 Å². The van der Waals surface area contributed by atoms with Gasteiger partial charge in [0.1, 0.15) is 17.6 Å². The maximum atomic E-state index is 12.0. The van der Waals surface area contributed by atoms with Gasteiger partial charge in [0.2, 0.25) is 0 Å². The van der Waals surface area contributed by atoms with Crippen LogP contribution in [0.5, 0.6) is 5.75 Å². The third kappa shape index (κ3) is 4.04. The first-order valence-electron chi connectivity index (χ1n) is 7.17. The smallest absolute Gasteiger partial charge is 0.287 e. The lowest BCUT2D eigenvalue weighted by molar-refractivity contribution is 0.0903. The Labute approximate surface area is 135 Å². The zero-order valence-electron chi connectivity index (χ0n) is 13.0. The minimum atomic E-state index is -0.264. The molecule has 2 rings (SSSR count). The first kappa shape index (κ1) is 16.4. The van der Waals surface area contributed by atoms with Gasteiger partial charge in [-0.2, -0.15) is 0 Å². The van der Waals surface area contributed by atoms with Crippen LogP contribution in [0.4, 0.5) is 0 Å². The molecule has 4 nitrogen and oxygen atoms in total. The number of halogens is 1. The topological polar surface area (TPSA) is 51.5 Å². The predicted molar refractivity (Wildman–Crippen MR) is 86.6 cm³/mol. The molecule has 1 unspecified atom stereocenters. The average molecular weight is 322 g/mol. The molecule has 0 radical (unpaired) electrons. The maximum absolute atomic E-state index is 12.0. The van der Waals surface area contributed by atoms with Crippen LogP contribution in [-0.2, 0) is 5.88 Å². The van der Waals surface area contributed by atoms with Crippen LogP contribution < -0.4 is 10.1 Å². The van der Waals surface area contributed by atoms with Crippen LogP contribution in [0, 0.1) is 13.8 Å². The van der Waals surface area contributed by atoms with Crippen molar-refractivity contribution in [3.05, 3.63) is 53.0 Å². The summed E-state index contributed by atoms with van der Waals surface area (Å²) in [5, 5.41) is 2.80. The van der Waals surface area contributed by atoms with Gasteiger partial charge >= 0.3 is 0 Å². The Bertz CT molecular complexity index is 651. The van der Waals surface area contributed by atoms with Crippen LogP contribution in [0.1, 0.15) is 34.4 Å². The zero-order valence-corrected chi connectivity index (χ0v) is 13.7. The third-order valence-electron chi connectivity index (χ3n) is 3.36. The molecule has 1 aromatic carbocycles. The monoisotopic (exact) mass is 321 g/mol. The molecule has 0 spiro atoms. The number of aryl methyl sites for hydroxylation is 2. The van der Waals surface area contributed by atoms with Crippen molar-refractivity contribution in [2.75, 3.05) is 6.54 Å². The van der Waals surface area contributed by atoms with Crippen molar-refractivity contribution in [3.63, 3.8) is 0 Å². The van der Waals surface area contributed by atoms with E-state index in [9.17, 15) is 4.79 Å². The Morgan fingerprint density at radius 2 is 2.09 bits per heavy atom. The standard InChI is InChI=1S/C17H20ClNO3/c1-11-6-4-5-7-15(11)21-12(2)10-19-17(20)16-8-14(9-18)13(3)22-16/h4-8,12H,9-10H2,1-3H3,(H,19,20). The molecule has 1 aromatic heterocycles. The lowest BCUT2D eigenvalue weighted by Crippen LogP contribution is -2.33. The van der Waals surface area contributed by atoms with Crippen molar-refractivity contribution < 1.29 is 13.9 Å². The number of amides is 1. The van der Waals surface area contributed by atoms with Crippen LogP contribution >= 0.6 is 11.6 Å². The molecule has 2 aromatic rings. The average Bonchev–Trinajstić information content (AvgIpc) is 2.88. The molecule has 1 N–H and O–H groups in total. The first-order valence-corrected chi connectivity index (χ1v) is 7.70. The van der Waals surface area contributed by atoms with E-state index in [1.54, 1.807) is 13.0 Å². The number of hydrogen-bond donors (Lipinski definition) is 1. The summed E-state index contributed by atoms with van der Waals surface area (Å²) < 4.78 is 11.2. The number of carbonyl (C=O) groups excluding carboxylic acids is 1. The fraction of sp³-hybridized carbons (Fsp3) is 0.353. The third-order valence-corrected chi connectivity index (χ3v) is 3.65. The molecule has 0 saturated carbocycles. The van der Waals surface area contributed by atoms with Gasteiger partial charge in [-0.05, 0) is 38.5 Å². The summed E-state index contributed by atoms with van der Waals surface area (Å²) in [6, 6.07) is 9.45. The molecule has 1 heterocycles. The summed E-state index contributed by atoms with van der Waals surface area (Å²) in [6.07, 6.45) is -0.145. The van der Waals surface area contributed by atoms with Crippen LogP contribution in [0.2, 0.25) is 0 Å². The number of rotatable bonds is 6. The van der Waals surface area contributed by atoms with Gasteiger partial charge in [-0.3, -0.25) is 4.79 Å². The largest absolute Gasteiger partial charge is 0.489 e. The van der Waals surface area contributed by atoms with Crippen LogP contribution in [0.15, 0.2) is 34.7 Å². The SMILES string of the molecule is Cc1ccccc1OC(C)CNC(=O)c1cc(CCl)c(C)o1. The Morgan fingerprint density at radius 1 is 1.36 bits per heavy atom. The van der Waals surface area contributed by atoms with E-state index in [0.29, 0.717) is 18.2 Å². The molecule has 0 saturated heterocycles. The number of para-hydroxylation sites is 1. The lowest BCUT2D eigenvalue weighted by Gasteiger charge is -2.16. The number of benzene rings is 1. The summed E-state index contributed by atoms with van der Waals surface area (Å²) in [6.45, 7) is 6.08. The molecule has 5 heteroatoms. The summed E-state index contributed by atoms with van der Waals surface area (Å²) >= 11 is 5.77. The number of furan rings is 1. The molecule has 1 amide bonds. The minimum Gasteiger partial charge on any atom is -0.489 e. The van der Waals surface area contributed by atoms with E-state index in [-0.39, 0.29) is 17.8 Å². The van der Waals surface area contributed by atoms with E-state index in [2.05, 4.69) is 5.32 Å². The Hall–Kier alpha value is -1.94. The molecule has 0 aliphatic heterocycles. The molecular formula is C17H20ClNO3. The highest BCUT2D eigenvalue weighted by molar-refractivity contribution is 6.17. The van der Waals surface area contributed by atoms with Crippen LogP contribution in [0.3, 0.4) is 0 Å². The van der Waals surface area contributed by atoms with Gasteiger partial charge in [0.05, 0.1) is 12.4 Å². The van der Waals surface area contributed by atoms with Crippen molar-refractivity contribution in [3.8, 4) is 5.75 Å². The lowest BCUT2D eigenvalue weighted by atomic mass is 10.2. The fourth-order valence-electron chi connectivity index (χ4n) is 2.03. The van der Waals surface area contributed by atoms with Crippen molar-refractivity contribution in [2.24, 2.45) is 0 Å². The highest BCUT2D eigenvalue weighted by Crippen LogP contribution is 2.18. The van der Waals surface area contributed by atoms with Gasteiger partial charge < -0.3 is 14.5 Å².